The number of halogens is 2. The van der Waals surface area contributed by atoms with Crippen LogP contribution in [-0.2, 0) is 4.79 Å². The molecule has 0 aliphatic rings. The summed E-state index contributed by atoms with van der Waals surface area (Å²) in [5.41, 5.74) is 1.63. The minimum absolute atomic E-state index is 0.0501. The van der Waals surface area contributed by atoms with E-state index in [1.54, 1.807) is 26.0 Å². The van der Waals surface area contributed by atoms with Crippen molar-refractivity contribution in [1.82, 2.24) is 10.3 Å². The van der Waals surface area contributed by atoms with Crippen LogP contribution in [-0.4, -0.2) is 34.3 Å². The van der Waals surface area contributed by atoms with E-state index in [0.717, 1.165) is 11.8 Å². The second kappa shape index (κ2) is 11.1. The zero-order valence-electron chi connectivity index (χ0n) is 18.0. The fraction of sp³-hybridized carbons (Fsp3) is 0.304. The molecule has 2 N–H and O–H groups in total. The molecule has 1 amide bonds. The Kier molecular flexibility index (Phi) is 9.17. The van der Waals surface area contributed by atoms with Crippen LogP contribution < -0.4 is 5.32 Å². The van der Waals surface area contributed by atoms with Crippen molar-refractivity contribution < 1.29 is 13.6 Å². The molecule has 1 aromatic heterocycles. The van der Waals surface area contributed by atoms with Gasteiger partial charge in [0.2, 0.25) is 0 Å². The molecule has 1 atom stereocenters. The number of pyridine rings is 1. The summed E-state index contributed by atoms with van der Waals surface area (Å²) in [5.74, 6) is -3.94. The first-order valence-corrected chi connectivity index (χ1v) is 9.46. The van der Waals surface area contributed by atoms with Crippen molar-refractivity contribution in [3.63, 3.8) is 0 Å². The quantitative estimate of drug-likeness (QED) is 0.337. The largest absolute Gasteiger partial charge is 0.344 e. The summed E-state index contributed by atoms with van der Waals surface area (Å²) >= 11 is 0. The lowest BCUT2D eigenvalue weighted by molar-refractivity contribution is -0.117. The summed E-state index contributed by atoms with van der Waals surface area (Å²) in [6.07, 6.45) is 7.10. The molecule has 1 heterocycles. The lowest BCUT2D eigenvalue weighted by Crippen LogP contribution is -2.38. The van der Waals surface area contributed by atoms with Gasteiger partial charge in [-0.2, -0.15) is 8.78 Å². The van der Waals surface area contributed by atoms with Crippen molar-refractivity contribution in [2.24, 2.45) is 4.99 Å². The van der Waals surface area contributed by atoms with E-state index in [1.807, 2.05) is 32.0 Å². The normalized spacial score (nSPS) is 14.6. The molecule has 0 spiro atoms. The van der Waals surface area contributed by atoms with Gasteiger partial charge in [-0.3, -0.25) is 15.2 Å². The van der Waals surface area contributed by atoms with Crippen LogP contribution in [0.1, 0.15) is 39.1 Å². The minimum atomic E-state index is -3.34. The second-order valence-electron chi connectivity index (χ2n) is 6.68. The van der Waals surface area contributed by atoms with Crippen molar-refractivity contribution in [1.29, 1.82) is 5.41 Å². The van der Waals surface area contributed by atoms with Crippen LogP contribution in [0.15, 0.2) is 65.7 Å². The zero-order chi connectivity index (χ0) is 22.9. The van der Waals surface area contributed by atoms with E-state index in [0.29, 0.717) is 24.0 Å². The summed E-state index contributed by atoms with van der Waals surface area (Å²) in [5, 5.41) is 10.2. The molecule has 160 valence electrons. The van der Waals surface area contributed by atoms with Gasteiger partial charge in [-0.15, -0.1) is 0 Å². The van der Waals surface area contributed by atoms with Gasteiger partial charge in [0.15, 0.2) is 0 Å². The highest BCUT2D eigenvalue weighted by Crippen LogP contribution is 2.17. The molecular weight excluding hydrogens is 386 g/mol. The van der Waals surface area contributed by atoms with Gasteiger partial charge in [0.05, 0.1) is 23.1 Å². The number of carbonyl (C=O) groups excluding carboxylic acids is 1. The number of alkyl halides is 2. The molecule has 5 nitrogen and oxygen atoms in total. The SMILES string of the molecule is C=CC(=N/C(=C/C)c1cccc(C)n1)C(C)NC(=O)C(/C=C/C)=C/C(=N)C(C)(F)F. The van der Waals surface area contributed by atoms with Crippen LogP contribution in [0.25, 0.3) is 5.70 Å². The number of rotatable bonds is 9. The topological polar surface area (TPSA) is 78.2 Å². The second-order valence-corrected chi connectivity index (χ2v) is 6.68. The fourth-order valence-electron chi connectivity index (χ4n) is 2.42. The highest BCUT2D eigenvalue weighted by molar-refractivity contribution is 6.09. The lowest BCUT2D eigenvalue weighted by Gasteiger charge is -2.16. The van der Waals surface area contributed by atoms with Crippen molar-refractivity contribution >= 4 is 23.0 Å². The van der Waals surface area contributed by atoms with E-state index in [4.69, 9.17) is 5.41 Å². The molecule has 1 aromatic rings. The molecule has 0 radical (unpaired) electrons. The number of carbonyl (C=O) groups is 1. The number of aryl methyl sites for hydroxylation is 1. The third-order valence-electron chi connectivity index (χ3n) is 4.06. The van der Waals surface area contributed by atoms with E-state index < -0.39 is 23.6 Å². The van der Waals surface area contributed by atoms with Crippen LogP contribution >= 0.6 is 0 Å². The highest BCUT2D eigenvalue weighted by atomic mass is 19.3. The van der Waals surface area contributed by atoms with Crippen molar-refractivity contribution in [3.05, 3.63) is 72.1 Å². The Morgan fingerprint density at radius 3 is 2.53 bits per heavy atom. The molecule has 0 bridgehead atoms. The van der Waals surface area contributed by atoms with Crippen LogP contribution in [0.5, 0.6) is 0 Å². The van der Waals surface area contributed by atoms with Gasteiger partial charge in [-0.05, 0) is 52.0 Å². The van der Waals surface area contributed by atoms with Crippen LogP contribution in [0.4, 0.5) is 8.78 Å². The molecule has 1 unspecified atom stereocenters. The average Bonchev–Trinajstić information content (AvgIpc) is 2.67. The van der Waals surface area contributed by atoms with Gasteiger partial charge < -0.3 is 5.32 Å². The molecule has 7 heteroatoms. The summed E-state index contributed by atoms with van der Waals surface area (Å²) in [7, 11) is 0. The Balaban J connectivity index is 3.14. The van der Waals surface area contributed by atoms with E-state index in [9.17, 15) is 13.6 Å². The Bertz CT molecular complexity index is 921. The Labute approximate surface area is 176 Å². The number of allylic oxidation sites excluding steroid dienone is 3. The summed E-state index contributed by atoms with van der Waals surface area (Å²) in [6, 6.07) is 5.03. The Morgan fingerprint density at radius 2 is 2.03 bits per heavy atom. The molecule has 0 aliphatic carbocycles. The Hall–Kier alpha value is -3.22. The van der Waals surface area contributed by atoms with Gasteiger partial charge in [0.1, 0.15) is 5.71 Å². The molecular formula is C23H28F2N4O. The molecule has 0 fully saturated rings. The molecule has 30 heavy (non-hydrogen) atoms. The number of nitrogens with one attached hydrogen (secondary N) is 2. The van der Waals surface area contributed by atoms with E-state index in [-0.39, 0.29) is 5.57 Å². The van der Waals surface area contributed by atoms with Crippen LogP contribution in [0, 0.1) is 12.3 Å². The minimum Gasteiger partial charge on any atom is -0.344 e. The zero-order valence-corrected chi connectivity index (χ0v) is 18.0. The fourth-order valence-corrected chi connectivity index (χ4v) is 2.42. The van der Waals surface area contributed by atoms with Gasteiger partial charge in [0, 0.05) is 18.2 Å². The predicted molar refractivity (Wildman–Crippen MR) is 119 cm³/mol. The molecule has 0 aliphatic heterocycles. The lowest BCUT2D eigenvalue weighted by atomic mass is 10.1. The number of hydrogen-bond acceptors (Lipinski definition) is 4. The molecule has 0 saturated heterocycles. The third-order valence-corrected chi connectivity index (χ3v) is 4.06. The van der Waals surface area contributed by atoms with E-state index >= 15 is 0 Å². The Morgan fingerprint density at radius 1 is 1.37 bits per heavy atom. The maximum atomic E-state index is 13.3. The smallest absolute Gasteiger partial charge is 0.286 e. The van der Waals surface area contributed by atoms with Crippen molar-refractivity contribution in [2.45, 2.75) is 46.6 Å². The third kappa shape index (κ3) is 7.31. The first kappa shape index (κ1) is 24.8. The number of aromatic nitrogens is 1. The highest BCUT2D eigenvalue weighted by Gasteiger charge is 2.27. The number of hydrogen-bond donors (Lipinski definition) is 2. The first-order chi connectivity index (χ1) is 14.0. The standard InChI is InChI=1S/C23H28F2N4O/c1-7-11-17(14-21(26)23(6,24)25)22(30)28-16(5)18(8-2)29-19(9-3)20-13-10-12-15(4)27-20/h7-14,16,26H,2H2,1,3-6H3,(H,28,30)/b11-7+,17-14+,19-9+,26-21?,29-18?. The molecule has 1 rings (SSSR count). The summed E-state index contributed by atoms with van der Waals surface area (Å²) in [4.78, 5) is 21.6. The van der Waals surface area contributed by atoms with Gasteiger partial charge >= 0.3 is 0 Å². The maximum absolute atomic E-state index is 13.3. The summed E-state index contributed by atoms with van der Waals surface area (Å²) in [6.45, 7) is 11.4. The van der Waals surface area contributed by atoms with Gasteiger partial charge in [-0.1, -0.05) is 30.9 Å². The van der Waals surface area contributed by atoms with Crippen molar-refractivity contribution in [3.8, 4) is 0 Å². The number of amides is 1. The van der Waals surface area contributed by atoms with Crippen molar-refractivity contribution in [2.75, 3.05) is 0 Å². The number of aliphatic imine (C=N–C) groups is 1. The monoisotopic (exact) mass is 414 g/mol. The number of nitrogens with zero attached hydrogens (tertiary/aromatic N) is 2. The van der Waals surface area contributed by atoms with Gasteiger partial charge in [-0.25, -0.2) is 4.99 Å². The van der Waals surface area contributed by atoms with Crippen LogP contribution in [0.2, 0.25) is 0 Å². The summed E-state index contributed by atoms with van der Waals surface area (Å²) < 4.78 is 26.7. The molecule has 0 saturated carbocycles. The van der Waals surface area contributed by atoms with Crippen LogP contribution in [0.3, 0.4) is 0 Å². The maximum Gasteiger partial charge on any atom is 0.286 e. The van der Waals surface area contributed by atoms with E-state index in [1.165, 1.54) is 12.2 Å². The first-order valence-electron chi connectivity index (χ1n) is 9.46. The van der Waals surface area contributed by atoms with Gasteiger partial charge in [0.25, 0.3) is 11.8 Å². The van der Waals surface area contributed by atoms with E-state index in [2.05, 4.69) is 21.9 Å². The predicted octanol–water partition coefficient (Wildman–Crippen LogP) is 5.06. The average molecular weight is 415 g/mol. The molecule has 0 aromatic carbocycles.